The molecule has 9 rings (SSSR count). The maximum absolute atomic E-state index is 9.03. The fraction of sp³-hybridized carbons (Fsp3) is 0. The lowest BCUT2D eigenvalue weighted by Crippen LogP contribution is -2.00. The maximum Gasteiger partial charge on any atom is 0.164 e. The molecule has 0 atom stereocenters. The normalized spacial score (nSPS) is 13.8. The van der Waals surface area contributed by atoms with Crippen molar-refractivity contribution in [3.8, 4) is 56.4 Å². The first-order valence-corrected chi connectivity index (χ1v) is 15.0. The van der Waals surface area contributed by atoms with Crippen molar-refractivity contribution in [3.63, 3.8) is 0 Å². The van der Waals surface area contributed by atoms with Crippen molar-refractivity contribution in [1.82, 2.24) is 15.0 Å². The molecule has 0 amide bonds. The number of aromatic nitrogens is 3. The van der Waals surface area contributed by atoms with E-state index in [4.69, 9.17) is 30.3 Å². The fourth-order valence-electron chi connectivity index (χ4n) is 5.87. The summed E-state index contributed by atoms with van der Waals surface area (Å²) >= 11 is 0. The average molecular weight is 610 g/mol. The molecule has 0 saturated heterocycles. The lowest BCUT2D eigenvalue weighted by molar-refractivity contribution is 0.669. The quantitative estimate of drug-likeness (QED) is 0.195. The summed E-state index contributed by atoms with van der Waals surface area (Å²) in [6, 6.07) is 33.9. The molecule has 2 heterocycles. The molecule has 0 fully saturated rings. The standard InChI is InChI=1S/C43H27N3O/c1-2-9-28(10-3-1)30-17-19-31(20-18-30)32-21-24-33(25-22-32)41-44-42(35-26-23-29-11-4-5-12-34(29)27-35)46-43(45-41)37-14-8-16-39-40(37)36-13-6-7-15-38(36)47-39/h1-27H/i1D,2D,3D,6D,9D,10D,14D,15D. The van der Waals surface area contributed by atoms with Crippen LogP contribution >= 0.6 is 0 Å². The minimum atomic E-state index is -0.428. The van der Waals surface area contributed by atoms with E-state index in [1.165, 1.54) is 6.07 Å². The Hall–Kier alpha value is -6.39. The second-order valence-electron chi connectivity index (χ2n) is 11.1. The number of benzene rings is 7. The van der Waals surface area contributed by atoms with Crippen LogP contribution in [0.1, 0.15) is 11.0 Å². The predicted molar refractivity (Wildman–Crippen MR) is 192 cm³/mol. The molecule has 0 spiro atoms. The fourth-order valence-corrected chi connectivity index (χ4v) is 5.87. The van der Waals surface area contributed by atoms with Crippen LogP contribution in [0.3, 0.4) is 0 Å². The molecule has 4 nitrogen and oxygen atoms in total. The van der Waals surface area contributed by atoms with Crippen LogP contribution in [0.4, 0.5) is 0 Å². The van der Waals surface area contributed by atoms with E-state index in [1.807, 2.05) is 78.9 Å². The second-order valence-corrected chi connectivity index (χ2v) is 11.1. The van der Waals surface area contributed by atoms with Gasteiger partial charge in [0, 0.05) is 27.5 Å². The summed E-state index contributed by atoms with van der Waals surface area (Å²) in [4.78, 5) is 14.8. The summed E-state index contributed by atoms with van der Waals surface area (Å²) in [7, 11) is 0. The Labute approximate surface area is 282 Å². The van der Waals surface area contributed by atoms with Gasteiger partial charge in [-0.3, -0.25) is 0 Å². The number of para-hydroxylation sites is 1. The Bertz CT molecular complexity index is 2990. The van der Waals surface area contributed by atoms with Gasteiger partial charge < -0.3 is 4.42 Å². The maximum atomic E-state index is 9.03. The van der Waals surface area contributed by atoms with Crippen molar-refractivity contribution in [2.45, 2.75) is 0 Å². The van der Waals surface area contributed by atoms with E-state index >= 15 is 0 Å². The van der Waals surface area contributed by atoms with Crippen LogP contribution in [0, 0.1) is 0 Å². The summed E-state index contributed by atoms with van der Waals surface area (Å²) in [5, 5.41) is 3.17. The van der Waals surface area contributed by atoms with Crippen LogP contribution in [0.25, 0.3) is 89.1 Å². The summed E-state index contributed by atoms with van der Waals surface area (Å²) in [6.07, 6.45) is 0. The number of hydrogen-bond donors (Lipinski definition) is 0. The van der Waals surface area contributed by atoms with Gasteiger partial charge in [-0.2, -0.15) is 0 Å². The third kappa shape index (κ3) is 4.93. The van der Waals surface area contributed by atoms with Gasteiger partial charge in [-0.05, 0) is 51.2 Å². The lowest BCUT2D eigenvalue weighted by Gasteiger charge is -2.10. The van der Waals surface area contributed by atoms with Crippen molar-refractivity contribution < 1.29 is 15.4 Å². The number of hydrogen-bond acceptors (Lipinski definition) is 4. The average Bonchev–Trinajstić information content (AvgIpc) is 3.58. The molecule has 220 valence electrons. The van der Waals surface area contributed by atoms with Gasteiger partial charge in [0.2, 0.25) is 0 Å². The molecular weight excluding hydrogens is 574 g/mol. The summed E-state index contributed by atoms with van der Waals surface area (Å²) in [6.45, 7) is 0. The molecule has 9 aromatic rings. The van der Waals surface area contributed by atoms with E-state index in [9.17, 15) is 0 Å². The molecule has 0 bridgehead atoms. The third-order valence-electron chi connectivity index (χ3n) is 8.22. The molecule has 4 heteroatoms. The van der Waals surface area contributed by atoms with Crippen molar-refractivity contribution in [2.75, 3.05) is 0 Å². The first-order chi connectivity index (χ1) is 26.5. The van der Waals surface area contributed by atoms with Crippen LogP contribution in [-0.2, 0) is 0 Å². The highest BCUT2D eigenvalue weighted by atomic mass is 16.3. The van der Waals surface area contributed by atoms with Gasteiger partial charge in [0.25, 0.3) is 0 Å². The number of rotatable bonds is 5. The Balaban J connectivity index is 1.16. The van der Waals surface area contributed by atoms with Crippen LogP contribution in [-0.4, -0.2) is 15.0 Å². The Kier molecular flexibility index (Phi) is 4.74. The summed E-state index contributed by atoms with van der Waals surface area (Å²) < 4.78 is 72.6. The zero-order valence-corrected chi connectivity index (χ0v) is 24.7. The number of furan rings is 1. The van der Waals surface area contributed by atoms with E-state index < -0.39 is 6.04 Å². The van der Waals surface area contributed by atoms with Gasteiger partial charge in [0.05, 0.1) is 11.0 Å². The van der Waals surface area contributed by atoms with Gasteiger partial charge >= 0.3 is 0 Å². The topological polar surface area (TPSA) is 51.8 Å². The number of nitrogens with zero attached hydrogens (tertiary/aromatic N) is 3. The van der Waals surface area contributed by atoms with Gasteiger partial charge in [0.15, 0.2) is 17.5 Å². The Morgan fingerprint density at radius 1 is 0.426 bits per heavy atom. The van der Waals surface area contributed by atoms with Crippen LogP contribution in [0.2, 0.25) is 0 Å². The van der Waals surface area contributed by atoms with Crippen molar-refractivity contribution in [2.24, 2.45) is 0 Å². The molecule has 2 aromatic heterocycles. The minimum absolute atomic E-state index is 0.0770. The minimum Gasteiger partial charge on any atom is -0.456 e. The Morgan fingerprint density at radius 2 is 1.06 bits per heavy atom. The highest BCUT2D eigenvalue weighted by Gasteiger charge is 2.18. The van der Waals surface area contributed by atoms with E-state index in [2.05, 4.69) is 0 Å². The van der Waals surface area contributed by atoms with Crippen LogP contribution < -0.4 is 0 Å². The first-order valence-electron chi connectivity index (χ1n) is 19.0. The molecule has 0 radical (unpaired) electrons. The molecule has 0 aliphatic heterocycles. The smallest absolute Gasteiger partial charge is 0.164 e. The van der Waals surface area contributed by atoms with Gasteiger partial charge in [-0.25, -0.2) is 15.0 Å². The molecular formula is C43H27N3O. The molecule has 0 N–H and O–H groups in total. The van der Waals surface area contributed by atoms with Gasteiger partial charge in [-0.1, -0.05) is 145 Å². The van der Waals surface area contributed by atoms with Crippen molar-refractivity contribution >= 4 is 32.7 Å². The van der Waals surface area contributed by atoms with Crippen molar-refractivity contribution in [3.05, 3.63) is 164 Å². The van der Waals surface area contributed by atoms with E-state index in [0.717, 1.165) is 27.5 Å². The largest absolute Gasteiger partial charge is 0.456 e. The second kappa shape index (κ2) is 11.2. The van der Waals surface area contributed by atoms with Crippen LogP contribution in [0.15, 0.2) is 168 Å². The highest BCUT2D eigenvalue weighted by molar-refractivity contribution is 6.11. The van der Waals surface area contributed by atoms with E-state index in [-0.39, 0.29) is 53.7 Å². The molecule has 0 aliphatic carbocycles. The monoisotopic (exact) mass is 609 g/mol. The molecule has 0 aliphatic rings. The lowest BCUT2D eigenvalue weighted by atomic mass is 9.99. The molecule has 47 heavy (non-hydrogen) atoms. The SMILES string of the molecule is [2H]c1cc([2H])c2oc3ccc([2H])c(-c4nc(-c5ccc(-c6ccc(-c7c([2H])c([2H])c([2H])c([2H])c7[2H])cc6)cc5)nc(-c5ccc6ccccc6c5)n4)c3c2c1. The summed E-state index contributed by atoms with van der Waals surface area (Å²) in [5.41, 5.74) is 5.04. The first kappa shape index (κ1) is 19.9. The van der Waals surface area contributed by atoms with Gasteiger partial charge in [0.1, 0.15) is 11.2 Å². The zero-order chi connectivity index (χ0) is 38.1. The number of fused-ring (bicyclic) bond motifs is 4. The Morgan fingerprint density at radius 3 is 1.83 bits per heavy atom. The third-order valence-corrected chi connectivity index (χ3v) is 8.22. The van der Waals surface area contributed by atoms with Crippen LogP contribution in [0.5, 0.6) is 0 Å². The summed E-state index contributed by atoms with van der Waals surface area (Å²) in [5.74, 6) is 1.04. The zero-order valence-electron chi connectivity index (χ0n) is 32.7. The molecule has 0 saturated carbocycles. The highest BCUT2D eigenvalue weighted by Crippen LogP contribution is 2.37. The van der Waals surface area contributed by atoms with Crippen molar-refractivity contribution in [1.29, 1.82) is 0 Å². The molecule has 0 unspecified atom stereocenters. The molecule has 7 aromatic carbocycles. The van der Waals surface area contributed by atoms with E-state index in [1.54, 1.807) is 30.3 Å². The van der Waals surface area contributed by atoms with Gasteiger partial charge in [-0.15, -0.1) is 0 Å². The van der Waals surface area contributed by atoms with E-state index in [0.29, 0.717) is 50.3 Å². The predicted octanol–water partition coefficient (Wildman–Crippen LogP) is 11.3.